The van der Waals surface area contributed by atoms with Crippen molar-refractivity contribution < 1.29 is 14.4 Å². The lowest BCUT2D eigenvalue weighted by Crippen LogP contribution is -2.49. The lowest BCUT2D eigenvalue weighted by molar-refractivity contribution is -0.138. The van der Waals surface area contributed by atoms with Crippen LogP contribution in [0.4, 0.5) is 0 Å². The smallest absolute Gasteiger partial charge is 0.253 e. The van der Waals surface area contributed by atoms with Crippen molar-refractivity contribution in [1.29, 1.82) is 0 Å². The summed E-state index contributed by atoms with van der Waals surface area (Å²) in [4.78, 5) is 40.6. The van der Waals surface area contributed by atoms with E-state index in [0.29, 0.717) is 24.6 Å². The molecule has 0 aliphatic carbocycles. The summed E-state index contributed by atoms with van der Waals surface area (Å²) in [7, 11) is 0. The van der Waals surface area contributed by atoms with E-state index in [1.165, 1.54) is 6.92 Å². The molecule has 0 bridgehead atoms. The highest BCUT2D eigenvalue weighted by atomic mass is 16.2. The molecule has 2 fully saturated rings. The Labute approximate surface area is 167 Å². The minimum absolute atomic E-state index is 0.000883. The van der Waals surface area contributed by atoms with Crippen molar-refractivity contribution in [3.8, 4) is 0 Å². The number of carbonyl (C=O) groups excluding carboxylic acids is 3. The Morgan fingerprint density at radius 3 is 2.32 bits per heavy atom. The number of hydrogen-bond acceptors (Lipinski definition) is 3. The number of rotatable bonds is 4. The molecule has 0 saturated carbocycles. The first-order valence-electron chi connectivity index (χ1n) is 10.3. The van der Waals surface area contributed by atoms with Gasteiger partial charge in [0.15, 0.2) is 0 Å². The first kappa shape index (κ1) is 20.4. The van der Waals surface area contributed by atoms with E-state index in [2.05, 4.69) is 5.32 Å². The van der Waals surface area contributed by atoms with Gasteiger partial charge in [0, 0.05) is 45.2 Å². The molecule has 2 aliphatic heterocycles. The summed E-state index contributed by atoms with van der Waals surface area (Å²) in [5.41, 5.74) is 1.82. The second kappa shape index (κ2) is 9.22. The fraction of sp³-hybridized carbons (Fsp3) is 0.591. The number of piperidine rings is 2. The zero-order chi connectivity index (χ0) is 20.1. The van der Waals surface area contributed by atoms with E-state index >= 15 is 0 Å². The SMILES string of the molecule is CC(=O)NCC1CCN(C(=O)C2CCCN(C(=O)c3ccc(C)cc3)C2)CC1. The Bertz CT molecular complexity index is 708. The van der Waals surface area contributed by atoms with Gasteiger partial charge in [0.1, 0.15) is 0 Å². The van der Waals surface area contributed by atoms with E-state index in [9.17, 15) is 14.4 Å². The molecule has 1 aromatic carbocycles. The summed E-state index contributed by atoms with van der Waals surface area (Å²) >= 11 is 0. The zero-order valence-electron chi connectivity index (χ0n) is 16.9. The number of amides is 3. The second-order valence-corrected chi connectivity index (χ2v) is 8.16. The minimum atomic E-state index is -0.102. The van der Waals surface area contributed by atoms with E-state index in [-0.39, 0.29) is 23.6 Å². The van der Waals surface area contributed by atoms with E-state index in [4.69, 9.17) is 0 Å². The molecule has 2 saturated heterocycles. The van der Waals surface area contributed by atoms with Crippen LogP contribution in [0.1, 0.15) is 48.5 Å². The molecule has 1 atom stereocenters. The van der Waals surface area contributed by atoms with E-state index < -0.39 is 0 Å². The maximum absolute atomic E-state index is 13.0. The summed E-state index contributed by atoms with van der Waals surface area (Å²) in [6.07, 6.45) is 3.56. The number of carbonyl (C=O) groups is 3. The van der Waals surface area contributed by atoms with Crippen molar-refractivity contribution in [2.45, 2.75) is 39.5 Å². The van der Waals surface area contributed by atoms with Crippen molar-refractivity contribution >= 4 is 17.7 Å². The number of nitrogens with one attached hydrogen (secondary N) is 1. The quantitative estimate of drug-likeness (QED) is 0.864. The molecule has 28 heavy (non-hydrogen) atoms. The molecule has 3 amide bonds. The third-order valence-corrected chi connectivity index (χ3v) is 5.92. The monoisotopic (exact) mass is 385 g/mol. The molecule has 152 valence electrons. The van der Waals surface area contributed by atoms with E-state index in [1.807, 2.05) is 41.0 Å². The van der Waals surface area contributed by atoms with Crippen LogP contribution in [-0.4, -0.2) is 60.2 Å². The maximum atomic E-state index is 13.0. The van der Waals surface area contributed by atoms with Crippen molar-refractivity contribution in [1.82, 2.24) is 15.1 Å². The molecule has 1 aromatic rings. The summed E-state index contributed by atoms with van der Waals surface area (Å²) < 4.78 is 0. The number of nitrogens with zero attached hydrogens (tertiary/aromatic N) is 2. The third-order valence-electron chi connectivity index (χ3n) is 5.92. The molecule has 2 aliphatic rings. The fourth-order valence-electron chi connectivity index (χ4n) is 4.15. The van der Waals surface area contributed by atoms with Crippen LogP contribution in [0.25, 0.3) is 0 Å². The van der Waals surface area contributed by atoms with Gasteiger partial charge in [-0.3, -0.25) is 14.4 Å². The summed E-state index contributed by atoms with van der Waals surface area (Å²) in [5, 5.41) is 2.87. The van der Waals surface area contributed by atoms with Crippen LogP contribution < -0.4 is 5.32 Å². The van der Waals surface area contributed by atoms with Gasteiger partial charge in [-0.05, 0) is 50.7 Å². The highest BCUT2D eigenvalue weighted by molar-refractivity contribution is 5.94. The van der Waals surface area contributed by atoms with Gasteiger partial charge >= 0.3 is 0 Å². The van der Waals surface area contributed by atoms with Crippen LogP contribution in [0.3, 0.4) is 0 Å². The zero-order valence-corrected chi connectivity index (χ0v) is 16.9. The predicted molar refractivity (Wildman–Crippen MR) is 108 cm³/mol. The Hall–Kier alpha value is -2.37. The number of aryl methyl sites for hydroxylation is 1. The topological polar surface area (TPSA) is 69.7 Å². The Balaban J connectivity index is 1.52. The summed E-state index contributed by atoms with van der Waals surface area (Å²) in [5.74, 6) is 0.541. The van der Waals surface area contributed by atoms with Gasteiger partial charge in [-0.25, -0.2) is 0 Å². The Morgan fingerprint density at radius 1 is 1.00 bits per heavy atom. The molecule has 2 heterocycles. The largest absolute Gasteiger partial charge is 0.356 e. The van der Waals surface area contributed by atoms with Gasteiger partial charge in [-0.2, -0.15) is 0 Å². The normalized spacial score (nSPS) is 20.7. The molecular formula is C22H31N3O3. The van der Waals surface area contributed by atoms with E-state index in [0.717, 1.165) is 50.9 Å². The van der Waals surface area contributed by atoms with Crippen LogP contribution in [0, 0.1) is 18.8 Å². The molecule has 0 aromatic heterocycles. The van der Waals surface area contributed by atoms with Crippen LogP contribution in [0.2, 0.25) is 0 Å². The first-order valence-corrected chi connectivity index (χ1v) is 10.3. The molecule has 6 nitrogen and oxygen atoms in total. The summed E-state index contributed by atoms with van der Waals surface area (Å²) in [6.45, 7) is 6.94. The van der Waals surface area contributed by atoms with Crippen molar-refractivity contribution in [3.63, 3.8) is 0 Å². The van der Waals surface area contributed by atoms with Gasteiger partial charge in [0.25, 0.3) is 5.91 Å². The first-order chi connectivity index (χ1) is 13.4. The van der Waals surface area contributed by atoms with Crippen LogP contribution in [0.15, 0.2) is 24.3 Å². The molecule has 3 rings (SSSR count). The molecular weight excluding hydrogens is 354 g/mol. The van der Waals surface area contributed by atoms with Crippen molar-refractivity contribution in [2.75, 3.05) is 32.7 Å². The molecule has 1 N–H and O–H groups in total. The molecule has 0 radical (unpaired) electrons. The second-order valence-electron chi connectivity index (χ2n) is 8.16. The van der Waals surface area contributed by atoms with E-state index in [1.54, 1.807) is 0 Å². The Morgan fingerprint density at radius 2 is 1.68 bits per heavy atom. The van der Waals surface area contributed by atoms with Crippen LogP contribution in [-0.2, 0) is 9.59 Å². The molecule has 0 spiro atoms. The van der Waals surface area contributed by atoms with Gasteiger partial charge in [-0.15, -0.1) is 0 Å². The molecule has 6 heteroatoms. The lowest BCUT2D eigenvalue weighted by Gasteiger charge is -2.38. The standard InChI is InChI=1S/C22H31N3O3/c1-16-5-7-19(8-6-16)21(27)25-11-3-4-20(15-25)22(28)24-12-9-18(10-13-24)14-23-17(2)26/h5-8,18,20H,3-4,9-15H2,1-2H3,(H,23,26). The highest BCUT2D eigenvalue weighted by Gasteiger charge is 2.33. The van der Waals surface area contributed by atoms with Crippen molar-refractivity contribution in [2.24, 2.45) is 11.8 Å². The molecule has 1 unspecified atom stereocenters. The highest BCUT2D eigenvalue weighted by Crippen LogP contribution is 2.24. The third kappa shape index (κ3) is 5.12. The van der Waals surface area contributed by atoms with Crippen LogP contribution in [0.5, 0.6) is 0 Å². The fourth-order valence-corrected chi connectivity index (χ4v) is 4.15. The average Bonchev–Trinajstić information content (AvgIpc) is 2.72. The van der Waals surface area contributed by atoms with Gasteiger partial charge in [0.2, 0.25) is 11.8 Å². The number of likely N-dealkylation sites (tertiary alicyclic amines) is 2. The maximum Gasteiger partial charge on any atom is 0.253 e. The number of benzene rings is 1. The minimum Gasteiger partial charge on any atom is -0.356 e. The lowest BCUT2D eigenvalue weighted by atomic mass is 9.92. The predicted octanol–water partition coefficient (Wildman–Crippen LogP) is 2.22. The Kier molecular flexibility index (Phi) is 6.70. The van der Waals surface area contributed by atoms with Gasteiger partial charge in [0.05, 0.1) is 5.92 Å². The summed E-state index contributed by atoms with van der Waals surface area (Å²) in [6, 6.07) is 7.63. The average molecular weight is 386 g/mol. The van der Waals surface area contributed by atoms with Gasteiger partial charge in [-0.1, -0.05) is 17.7 Å². The van der Waals surface area contributed by atoms with Crippen LogP contribution >= 0.6 is 0 Å². The number of hydrogen-bond donors (Lipinski definition) is 1. The van der Waals surface area contributed by atoms with Gasteiger partial charge < -0.3 is 15.1 Å². The van der Waals surface area contributed by atoms with Crippen molar-refractivity contribution in [3.05, 3.63) is 35.4 Å².